The lowest BCUT2D eigenvalue weighted by molar-refractivity contribution is -0.0549. The monoisotopic (exact) mass is 581 g/mol. The summed E-state index contributed by atoms with van der Waals surface area (Å²) in [5.41, 5.74) is -1.14. The first-order valence-corrected chi connectivity index (χ1v) is 13.1. The van der Waals surface area contributed by atoms with E-state index in [2.05, 4.69) is 4.98 Å². The molecule has 35 heavy (non-hydrogen) atoms. The minimum atomic E-state index is -4.64. The fourth-order valence-electron chi connectivity index (χ4n) is 2.09. The lowest BCUT2D eigenvalue weighted by Crippen LogP contribution is -2.39. The van der Waals surface area contributed by atoms with Crippen LogP contribution < -0.4 is 16.1 Å². The van der Waals surface area contributed by atoms with Gasteiger partial charge in [0.25, 0.3) is 5.56 Å². The minimum absolute atomic E-state index is 0.197. The van der Waals surface area contributed by atoms with Crippen molar-refractivity contribution in [2.75, 3.05) is 25.6 Å². The number of aromatic amines is 1. The average molecular weight is 581 g/mol. The van der Waals surface area contributed by atoms with E-state index >= 15 is 0 Å². The summed E-state index contributed by atoms with van der Waals surface area (Å²) < 4.78 is 32.9. The largest absolute Gasteiger partial charge is 0.466 e. The van der Waals surface area contributed by atoms with Gasteiger partial charge in [-0.1, -0.05) is 0 Å². The van der Waals surface area contributed by atoms with E-state index in [4.69, 9.17) is 67.6 Å². The molecule has 13 N–H and O–H groups in total. The van der Waals surface area contributed by atoms with Crippen LogP contribution in [0.5, 0.6) is 0 Å². The van der Waals surface area contributed by atoms with Crippen molar-refractivity contribution in [3.63, 3.8) is 0 Å². The molecule has 1 aromatic heterocycles. The standard InChI is InChI=1S/C11H17N3O6.3H3O4P/c1-13(2)5-3-14(11(19)12-9(5)18)10-8(17)7(16)6(4-15)20-10;3*1-5(2,3)4/h3,6-8,10,15-17H,4H2,1-2H3,(H,12,18,19);3*(H3,1,2,3,4)/t6-,7-,8-,10-;;;/m1.../s1. The molecule has 1 aromatic rings. The number of anilines is 1. The second kappa shape index (κ2) is 14.4. The Balaban J connectivity index is 0. The third kappa shape index (κ3) is 18.6. The Morgan fingerprint density at radius 1 is 0.886 bits per heavy atom. The number of nitrogens with zero attached hydrogens (tertiary/aromatic N) is 2. The number of nitrogens with one attached hydrogen (secondary N) is 1. The number of aliphatic hydroxyl groups excluding tert-OH is 3. The Kier molecular flexibility index (Phi) is 14.7. The molecule has 1 aliphatic rings. The third-order valence-electron chi connectivity index (χ3n) is 3.22. The molecule has 0 amide bonds. The van der Waals surface area contributed by atoms with E-state index in [1.54, 1.807) is 14.1 Å². The van der Waals surface area contributed by atoms with Crippen LogP contribution in [0.3, 0.4) is 0 Å². The highest BCUT2D eigenvalue weighted by Gasteiger charge is 2.43. The minimum Gasteiger partial charge on any atom is -0.394 e. The van der Waals surface area contributed by atoms with Gasteiger partial charge < -0.3 is 69.0 Å². The van der Waals surface area contributed by atoms with Crippen LogP contribution in [0.4, 0.5) is 5.69 Å². The first-order chi connectivity index (χ1) is 15.4. The van der Waals surface area contributed by atoms with Crippen molar-refractivity contribution in [3.8, 4) is 0 Å². The van der Waals surface area contributed by atoms with Crippen molar-refractivity contribution < 1.29 is 77.8 Å². The second-order valence-corrected chi connectivity index (χ2v) is 9.42. The van der Waals surface area contributed by atoms with E-state index in [1.807, 2.05) is 0 Å². The summed E-state index contributed by atoms with van der Waals surface area (Å²) in [6.45, 7) is -0.493. The van der Waals surface area contributed by atoms with Crippen molar-refractivity contribution in [1.29, 1.82) is 0 Å². The lowest BCUT2D eigenvalue weighted by Gasteiger charge is -2.19. The molecule has 24 heteroatoms. The molecule has 1 aliphatic heterocycles. The molecule has 4 atom stereocenters. The molecule has 0 spiro atoms. The van der Waals surface area contributed by atoms with Crippen LogP contribution in [0.15, 0.2) is 15.8 Å². The summed E-state index contributed by atoms with van der Waals surface area (Å²) in [6.07, 6.45) is -3.62. The molecule has 2 rings (SSSR count). The summed E-state index contributed by atoms with van der Waals surface area (Å²) in [6, 6.07) is 0. The van der Waals surface area contributed by atoms with Gasteiger partial charge in [-0.05, 0) is 0 Å². The van der Waals surface area contributed by atoms with Crippen molar-refractivity contribution in [2.45, 2.75) is 24.5 Å². The topological polar surface area (TPSA) is 361 Å². The smallest absolute Gasteiger partial charge is 0.394 e. The zero-order valence-corrected chi connectivity index (χ0v) is 20.3. The molecule has 1 saturated heterocycles. The maximum atomic E-state index is 11.8. The van der Waals surface area contributed by atoms with E-state index in [0.717, 1.165) is 4.57 Å². The van der Waals surface area contributed by atoms with Crippen LogP contribution in [0.2, 0.25) is 0 Å². The highest BCUT2D eigenvalue weighted by atomic mass is 31.2. The molecule has 0 aliphatic carbocycles. The number of hydrogen-bond donors (Lipinski definition) is 13. The van der Waals surface area contributed by atoms with Crippen molar-refractivity contribution in [3.05, 3.63) is 27.0 Å². The van der Waals surface area contributed by atoms with Gasteiger partial charge in [-0.15, -0.1) is 0 Å². The van der Waals surface area contributed by atoms with E-state index in [-0.39, 0.29) is 5.69 Å². The Morgan fingerprint density at radius 3 is 1.54 bits per heavy atom. The third-order valence-corrected chi connectivity index (χ3v) is 3.22. The lowest BCUT2D eigenvalue weighted by atomic mass is 10.1. The van der Waals surface area contributed by atoms with Gasteiger partial charge in [-0.3, -0.25) is 14.3 Å². The highest BCUT2D eigenvalue weighted by molar-refractivity contribution is 7.45. The van der Waals surface area contributed by atoms with Crippen LogP contribution in [0.1, 0.15) is 6.23 Å². The predicted octanol–water partition coefficient (Wildman–Crippen LogP) is -5.57. The molecule has 208 valence electrons. The zero-order valence-electron chi connectivity index (χ0n) is 17.6. The number of aliphatic hydroxyl groups is 3. The second-order valence-electron chi connectivity index (χ2n) is 6.34. The molecular weight excluding hydrogens is 555 g/mol. The van der Waals surface area contributed by atoms with E-state index in [0.29, 0.717) is 0 Å². The number of ether oxygens (including phenoxy) is 1. The van der Waals surface area contributed by atoms with Gasteiger partial charge in [0.05, 0.1) is 6.61 Å². The van der Waals surface area contributed by atoms with Crippen LogP contribution in [0.25, 0.3) is 0 Å². The zero-order chi connectivity index (χ0) is 28.5. The summed E-state index contributed by atoms with van der Waals surface area (Å²) in [5, 5.41) is 28.6. The molecule has 0 radical (unpaired) electrons. The Bertz CT molecular complexity index is 966. The molecule has 21 nitrogen and oxygen atoms in total. The van der Waals surface area contributed by atoms with Crippen LogP contribution in [-0.4, -0.2) is 108 Å². The number of rotatable bonds is 3. The van der Waals surface area contributed by atoms with Gasteiger partial charge >= 0.3 is 29.2 Å². The summed E-state index contributed by atoms with van der Waals surface area (Å²) in [5.74, 6) is 0. The first-order valence-electron chi connectivity index (χ1n) is 8.36. The number of hydrogen-bond acceptors (Lipinski definition) is 10. The van der Waals surface area contributed by atoms with Crippen LogP contribution in [0, 0.1) is 0 Å². The summed E-state index contributed by atoms with van der Waals surface area (Å²) >= 11 is 0. The van der Waals surface area contributed by atoms with Crippen LogP contribution >= 0.6 is 23.5 Å². The van der Waals surface area contributed by atoms with Gasteiger partial charge in [-0.2, -0.15) is 0 Å². The van der Waals surface area contributed by atoms with Gasteiger partial charge in [-0.25, -0.2) is 18.5 Å². The fourth-order valence-corrected chi connectivity index (χ4v) is 2.09. The molecule has 0 unspecified atom stereocenters. The number of phosphoric acid groups is 3. The highest BCUT2D eigenvalue weighted by Crippen LogP contribution is 2.28. The molecular formula is C11H26N3O18P3. The normalized spacial score (nSPS) is 22.0. The maximum Gasteiger partial charge on any atom is 0.466 e. The van der Waals surface area contributed by atoms with Crippen molar-refractivity contribution >= 4 is 29.2 Å². The first kappa shape index (κ1) is 35.8. The van der Waals surface area contributed by atoms with Crippen LogP contribution in [-0.2, 0) is 18.4 Å². The number of H-pyrrole nitrogens is 1. The quantitative estimate of drug-likeness (QED) is 0.148. The molecule has 2 heterocycles. The molecule has 0 aromatic carbocycles. The Labute approximate surface area is 194 Å². The number of aromatic nitrogens is 2. The average Bonchev–Trinajstić information content (AvgIpc) is 2.85. The maximum absolute atomic E-state index is 11.8. The van der Waals surface area contributed by atoms with E-state index in [9.17, 15) is 19.8 Å². The Morgan fingerprint density at radius 2 is 1.26 bits per heavy atom. The van der Waals surface area contributed by atoms with Gasteiger partial charge in [0.1, 0.15) is 24.0 Å². The van der Waals surface area contributed by atoms with Crippen molar-refractivity contribution in [1.82, 2.24) is 9.55 Å². The molecule has 0 bridgehead atoms. The van der Waals surface area contributed by atoms with Crippen molar-refractivity contribution in [2.24, 2.45) is 0 Å². The Hall–Kier alpha value is -1.35. The predicted molar refractivity (Wildman–Crippen MR) is 111 cm³/mol. The molecule has 0 saturated carbocycles. The van der Waals surface area contributed by atoms with E-state index in [1.165, 1.54) is 11.1 Å². The fraction of sp³-hybridized carbons (Fsp3) is 0.636. The summed E-state index contributed by atoms with van der Waals surface area (Å²) in [4.78, 5) is 91.7. The van der Waals surface area contributed by atoms with Gasteiger partial charge in [0, 0.05) is 20.3 Å². The van der Waals surface area contributed by atoms with Gasteiger partial charge in [0.15, 0.2) is 6.23 Å². The van der Waals surface area contributed by atoms with Gasteiger partial charge in [0.2, 0.25) is 0 Å². The molecule has 1 fully saturated rings. The SMILES string of the molecule is CN(C)c1cn([C@@H]2O[C@H](CO)[C@@H](O)[C@H]2O)c(=O)[nH]c1=O.O=P(O)(O)O.O=P(O)(O)O.O=P(O)(O)O. The summed E-state index contributed by atoms with van der Waals surface area (Å²) in [7, 11) is -10.7. The van der Waals surface area contributed by atoms with E-state index < -0.39 is 65.9 Å².